The Labute approximate surface area is 148 Å². The number of ether oxygens (including phenoxy) is 1. The van der Waals surface area contributed by atoms with Crippen molar-refractivity contribution in [1.82, 2.24) is 14.9 Å². The number of anilines is 1. The number of aryl methyl sites for hydroxylation is 1. The molecule has 1 fully saturated rings. The van der Waals surface area contributed by atoms with Gasteiger partial charge in [0.05, 0.1) is 0 Å². The molecule has 0 spiro atoms. The van der Waals surface area contributed by atoms with Gasteiger partial charge in [-0.2, -0.15) is 0 Å². The van der Waals surface area contributed by atoms with Crippen LogP contribution in [0.25, 0.3) is 0 Å². The molecule has 132 valence electrons. The molecule has 0 bridgehead atoms. The van der Waals surface area contributed by atoms with Crippen molar-refractivity contribution >= 4 is 11.7 Å². The predicted molar refractivity (Wildman–Crippen MR) is 96.6 cm³/mol. The minimum Gasteiger partial charge on any atom is -0.484 e. The van der Waals surface area contributed by atoms with Crippen LogP contribution in [0.2, 0.25) is 0 Å². The third-order valence-electron chi connectivity index (χ3n) is 4.64. The number of hydrogen-bond acceptors (Lipinski definition) is 5. The molecule has 1 aliphatic heterocycles. The minimum atomic E-state index is -0.505. The number of para-hydroxylation sites is 1. The lowest BCUT2D eigenvalue weighted by molar-refractivity contribution is -0.137. The molecular formula is C19H24N4O2. The molecule has 25 heavy (non-hydrogen) atoms. The fourth-order valence-electron chi connectivity index (χ4n) is 3.27. The van der Waals surface area contributed by atoms with Crippen LogP contribution in [-0.4, -0.2) is 41.0 Å². The smallest absolute Gasteiger partial charge is 0.261 e. The van der Waals surface area contributed by atoms with Gasteiger partial charge in [0.1, 0.15) is 17.1 Å². The van der Waals surface area contributed by atoms with E-state index in [2.05, 4.69) is 15.3 Å². The first-order valence-corrected chi connectivity index (χ1v) is 8.55. The molecule has 1 amide bonds. The molecule has 1 saturated heterocycles. The van der Waals surface area contributed by atoms with Crippen molar-refractivity contribution in [1.29, 1.82) is 0 Å². The maximum Gasteiger partial charge on any atom is 0.261 e. The van der Waals surface area contributed by atoms with Crippen LogP contribution in [-0.2, 0) is 10.3 Å². The number of nitrogens with one attached hydrogen (secondary N) is 1. The number of hydrogen-bond donors (Lipinski definition) is 1. The number of likely N-dealkylation sites (tertiary alicyclic amines) is 1. The molecule has 6 heteroatoms. The Balaban J connectivity index is 1.79. The van der Waals surface area contributed by atoms with Crippen LogP contribution in [0.5, 0.6) is 5.75 Å². The van der Waals surface area contributed by atoms with Gasteiger partial charge in [0, 0.05) is 25.4 Å². The van der Waals surface area contributed by atoms with E-state index in [1.807, 2.05) is 62.2 Å². The largest absolute Gasteiger partial charge is 0.484 e. The van der Waals surface area contributed by atoms with Gasteiger partial charge in [0.2, 0.25) is 0 Å². The van der Waals surface area contributed by atoms with Crippen LogP contribution in [0.3, 0.4) is 0 Å². The van der Waals surface area contributed by atoms with Gasteiger partial charge in [-0.05, 0) is 38.8 Å². The minimum absolute atomic E-state index is 0.0182. The summed E-state index contributed by atoms with van der Waals surface area (Å²) in [4.78, 5) is 23.8. The molecule has 1 aliphatic rings. The van der Waals surface area contributed by atoms with Crippen molar-refractivity contribution in [3.05, 3.63) is 47.9 Å². The zero-order valence-corrected chi connectivity index (χ0v) is 15.0. The van der Waals surface area contributed by atoms with Crippen LogP contribution in [0.15, 0.2) is 36.4 Å². The molecule has 0 radical (unpaired) electrons. The summed E-state index contributed by atoms with van der Waals surface area (Å²) in [7, 11) is 1.83. The quantitative estimate of drug-likeness (QED) is 0.906. The lowest BCUT2D eigenvalue weighted by Crippen LogP contribution is -2.46. The van der Waals surface area contributed by atoms with Crippen molar-refractivity contribution in [2.45, 2.75) is 32.2 Å². The highest BCUT2D eigenvalue weighted by Crippen LogP contribution is 2.37. The van der Waals surface area contributed by atoms with E-state index in [0.29, 0.717) is 18.1 Å². The van der Waals surface area contributed by atoms with E-state index in [4.69, 9.17) is 4.74 Å². The van der Waals surface area contributed by atoms with E-state index < -0.39 is 5.54 Å². The fourth-order valence-corrected chi connectivity index (χ4v) is 3.27. The van der Waals surface area contributed by atoms with Gasteiger partial charge < -0.3 is 15.0 Å². The predicted octanol–water partition coefficient (Wildman–Crippen LogP) is 2.74. The van der Waals surface area contributed by atoms with Crippen molar-refractivity contribution in [2.24, 2.45) is 0 Å². The number of aromatic nitrogens is 2. The van der Waals surface area contributed by atoms with Crippen molar-refractivity contribution in [3.63, 3.8) is 0 Å². The standard InChI is InChI=1S/C19H24N4O2/c1-14-12-16(20-3)22-18(21-14)19(2)10-7-11-23(19)17(24)13-25-15-8-5-4-6-9-15/h4-6,8-9,12H,7,10-11,13H2,1-3H3,(H,20,21,22)/t19-/m1/s1. The third kappa shape index (κ3) is 3.57. The Morgan fingerprint density at radius 2 is 2.08 bits per heavy atom. The second-order valence-electron chi connectivity index (χ2n) is 6.49. The Morgan fingerprint density at radius 3 is 2.80 bits per heavy atom. The topological polar surface area (TPSA) is 67.4 Å². The lowest BCUT2D eigenvalue weighted by atomic mass is 9.97. The number of carbonyl (C=O) groups is 1. The second kappa shape index (κ2) is 7.09. The monoisotopic (exact) mass is 340 g/mol. The molecule has 1 aromatic carbocycles. The van der Waals surface area contributed by atoms with E-state index in [0.717, 1.165) is 24.4 Å². The molecule has 6 nitrogen and oxygen atoms in total. The van der Waals surface area contributed by atoms with Gasteiger partial charge in [-0.15, -0.1) is 0 Å². The van der Waals surface area contributed by atoms with Crippen LogP contribution in [0.4, 0.5) is 5.82 Å². The molecule has 0 unspecified atom stereocenters. The summed E-state index contributed by atoms with van der Waals surface area (Å²) < 4.78 is 5.63. The van der Waals surface area contributed by atoms with Gasteiger partial charge in [0.15, 0.2) is 12.4 Å². The summed E-state index contributed by atoms with van der Waals surface area (Å²) >= 11 is 0. The van der Waals surface area contributed by atoms with Gasteiger partial charge >= 0.3 is 0 Å². The number of carbonyl (C=O) groups excluding carboxylic acids is 1. The Hall–Kier alpha value is -2.63. The summed E-state index contributed by atoms with van der Waals surface area (Å²) in [6.45, 7) is 4.69. The number of amides is 1. The van der Waals surface area contributed by atoms with Crippen molar-refractivity contribution in [2.75, 3.05) is 25.5 Å². The molecule has 1 N–H and O–H groups in total. The molecule has 0 aliphatic carbocycles. The molecule has 1 atom stereocenters. The van der Waals surface area contributed by atoms with Crippen LogP contribution < -0.4 is 10.1 Å². The van der Waals surface area contributed by atoms with Crippen LogP contribution in [0.1, 0.15) is 31.3 Å². The van der Waals surface area contributed by atoms with Gasteiger partial charge in [-0.1, -0.05) is 18.2 Å². The zero-order valence-electron chi connectivity index (χ0n) is 15.0. The van der Waals surface area contributed by atoms with Gasteiger partial charge in [0.25, 0.3) is 5.91 Å². The van der Waals surface area contributed by atoms with E-state index in [1.54, 1.807) is 0 Å². The first-order valence-electron chi connectivity index (χ1n) is 8.55. The summed E-state index contributed by atoms with van der Waals surface area (Å²) in [6.07, 6.45) is 1.77. The molecule has 1 aromatic heterocycles. The van der Waals surface area contributed by atoms with E-state index >= 15 is 0 Å². The average Bonchev–Trinajstić information content (AvgIpc) is 3.03. The summed E-state index contributed by atoms with van der Waals surface area (Å²) in [5.74, 6) is 2.10. The lowest BCUT2D eigenvalue weighted by Gasteiger charge is -2.34. The van der Waals surface area contributed by atoms with Crippen LogP contribution in [0, 0.1) is 6.92 Å². The highest BCUT2D eigenvalue weighted by molar-refractivity contribution is 5.79. The Bertz CT molecular complexity index is 750. The second-order valence-corrected chi connectivity index (χ2v) is 6.49. The van der Waals surface area contributed by atoms with Gasteiger partial charge in [-0.3, -0.25) is 4.79 Å². The number of nitrogens with zero attached hydrogens (tertiary/aromatic N) is 3. The Morgan fingerprint density at radius 1 is 1.32 bits per heavy atom. The molecule has 2 heterocycles. The van der Waals surface area contributed by atoms with Crippen molar-refractivity contribution < 1.29 is 9.53 Å². The number of benzene rings is 1. The first kappa shape index (κ1) is 17.2. The Kier molecular flexibility index (Phi) is 4.88. The SMILES string of the molecule is CNc1cc(C)nc([C@@]2(C)CCCN2C(=O)COc2ccccc2)n1. The maximum absolute atomic E-state index is 12.8. The molecule has 2 aromatic rings. The highest BCUT2D eigenvalue weighted by Gasteiger charge is 2.43. The zero-order chi connectivity index (χ0) is 17.9. The normalized spacial score (nSPS) is 19.7. The summed E-state index contributed by atoms with van der Waals surface area (Å²) in [5.41, 5.74) is 0.379. The molecular weight excluding hydrogens is 316 g/mol. The third-order valence-corrected chi connectivity index (χ3v) is 4.64. The molecule has 0 saturated carbocycles. The fraction of sp³-hybridized carbons (Fsp3) is 0.421. The van der Waals surface area contributed by atoms with E-state index in [1.165, 1.54) is 0 Å². The van der Waals surface area contributed by atoms with Crippen molar-refractivity contribution in [3.8, 4) is 5.75 Å². The first-order chi connectivity index (χ1) is 12.0. The van der Waals surface area contributed by atoms with Crippen LogP contribution >= 0.6 is 0 Å². The summed E-state index contributed by atoms with van der Waals surface area (Å²) in [5, 5.41) is 3.06. The number of rotatable bonds is 5. The summed E-state index contributed by atoms with van der Waals surface area (Å²) in [6, 6.07) is 11.3. The average molecular weight is 340 g/mol. The highest BCUT2D eigenvalue weighted by atomic mass is 16.5. The van der Waals surface area contributed by atoms with Gasteiger partial charge in [-0.25, -0.2) is 9.97 Å². The van der Waals surface area contributed by atoms with E-state index in [-0.39, 0.29) is 12.5 Å². The molecule has 3 rings (SSSR count). The maximum atomic E-state index is 12.8. The van der Waals surface area contributed by atoms with E-state index in [9.17, 15) is 4.79 Å².